The molecular weight excluding hydrogens is 230 g/mol. The van der Waals surface area contributed by atoms with Gasteiger partial charge in [-0.3, -0.25) is 0 Å². The number of fused-ring (bicyclic) bond motifs is 1. The highest BCUT2D eigenvalue weighted by Gasteiger charge is 2.23. The van der Waals surface area contributed by atoms with Gasteiger partial charge in [-0.05, 0) is 36.6 Å². The predicted octanol–water partition coefficient (Wildman–Crippen LogP) is 1.79. The van der Waals surface area contributed by atoms with Crippen molar-refractivity contribution in [1.29, 1.82) is 0 Å². The Morgan fingerprint density at radius 2 is 2.22 bits per heavy atom. The normalized spacial score (nSPS) is 24.4. The fourth-order valence-electron chi connectivity index (χ4n) is 2.66. The van der Waals surface area contributed by atoms with Crippen LogP contribution in [0.15, 0.2) is 18.2 Å². The summed E-state index contributed by atoms with van der Waals surface area (Å²) in [4.78, 5) is 2.32. The van der Waals surface area contributed by atoms with E-state index >= 15 is 0 Å². The minimum absolute atomic E-state index is 0.276. The van der Waals surface area contributed by atoms with Gasteiger partial charge in [0.05, 0.1) is 6.10 Å². The number of β-amino-alcohol motifs (C(OH)–C–C–N with tert-alkyl or cyclic N) is 1. The third kappa shape index (κ3) is 2.31. The number of hydrogen-bond acceptors (Lipinski definition) is 4. The number of likely N-dealkylation sites (tertiary alicyclic amines) is 1. The molecule has 2 aliphatic heterocycles. The van der Waals surface area contributed by atoms with E-state index in [1.54, 1.807) is 0 Å². The molecule has 0 saturated carbocycles. The van der Waals surface area contributed by atoms with E-state index in [9.17, 15) is 5.11 Å². The summed E-state index contributed by atoms with van der Waals surface area (Å²) >= 11 is 0. The molecule has 0 spiro atoms. The summed E-state index contributed by atoms with van der Waals surface area (Å²) in [7, 11) is 0. The Labute approximate surface area is 107 Å². The SMILES string of the molecule is CC1CCN(CC(O)c2ccc3c(c2)OCO3)C1. The van der Waals surface area contributed by atoms with Gasteiger partial charge in [-0.15, -0.1) is 0 Å². The molecule has 2 unspecified atom stereocenters. The Morgan fingerprint density at radius 1 is 1.39 bits per heavy atom. The molecule has 4 heteroatoms. The van der Waals surface area contributed by atoms with E-state index in [1.165, 1.54) is 6.42 Å². The lowest BCUT2D eigenvalue weighted by molar-refractivity contribution is 0.124. The van der Waals surface area contributed by atoms with Crippen LogP contribution < -0.4 is 9.47 Å². The molecule has 1 aromatic carbocycles. The molecule has 98 valence electrons. The zero-order valence-electron chi connectivity index (χ0n) is 10.6. The van der Waals surface area contributed by atoms with Gasteiger partial charge in [0.2, 0.25) is 6.79 Å². The molecule has 1 N–H and O–H groups in total. The summed E-state index contributed by atoms with van der Waals surface area (Å²) in [5.74, 6) is 2.25. The number of ether oxygens (including phenoxy) is 2. The lowest BCUT2D eigenvalue weighted by Gasteiger charge is -2.20. The molecule has 0 amide bonds. The quantitative estimate of drug-likeness (QED) is 0.887. The zero-order chi connectivity index (χ0) is 12.5. The highest BCUT2D eigenvalue weighted by atomic mass is 16.7. The Balaban J connectivity index is 1.67. The summed E-state index contributed by atoms with van der Waals surface area (Å²) < 4.78 is 10.6. The largest absolute Gasteiger partial charge is 0.454 e. The molecule has 0 aromatic heterocycles. The summed E-state index contributed by atoms with van der Waals surface area (Å²) in [6, 6.07) is 5.66. The van der Waals surface area contributed by atoms with Crippen LogP contribution in [0.3, 0.4) is 0 Å². The molecule has 0 radical (unpaired) electrons. The second kappa shape index (κ2) is 4.78. The average Bonchev–Trinajstić information content (AvgIpc) is 2.96. The maximum Gasteiger partial charge on any atom is 0.231 e. The number of aliphatic hydroxyl groups excluding tert-OH is 1. The van der Waals surface area contributed by atoms with E-state index in [0.717, 1.165) is 36.1 Å². The minimum atomic E-state index is -0.454. The Bertz CT molecular complexity index is 435. The van der Waals surface area contributed by atoms with E-state index in [4.69, 9.17) is 9.47 Å². The van der Waals surface area contributed by atoms with Crippen LogP contribution in [0.1, 0.15) is 25.0 Å². The van der Waals surface area contributed by atoms with E-state index in [1.807, 2.05) is 18.2 Å². The summed E-state index contributed by atoms with van der Waals surface area (Å²) in [5.41, 5.74) is 0.902. The van der Waals surface area contributed by atoms with Crippen LogP contribution in [-0.4, -0.2) is 36.4 Å². The van der Waals surface area contributed by atoms with Crippen molar-refractivity contribution >= 4 is 0 Å². The first-order chi connectivity index (χ1) is 8.72. The Kier molecular flexibility index (Phi) is 3.14. The van der Waals surface area contributed by atoms with Gasteiger partial charge in [-0.2, -0.15) is 0 Å². The lowest BCUT2D eigenvalue weighted by Crippen LogP contribution is -2.26. The van der Waals surface area contributed by atoms with Gasteiger partial charge >= 0.3 is 0 Å². The third-order valence-electron chi connectivity index (χ3n) is 3.72. The second-order valence-corrected chi connectivity index (χ2v) is 5.28. The molecule has 18 heavy (non-hydrogen) atoms. The van der Waals surface area contributed by atoms with E-state index in [0.29, 0.717) is 6.54 Å². The summed E-state index contributed by atoms with van der Waals surface area (Å²) in [6.45, 7) is 5.40. The first-order valence-corrected chi connectivity index (χ1v) is 6.52. The van der Waals surface area contributed by atoms with Gasteiger partial charge < -0.3 is 19.5 Å². The second-order valence-electron chi connectivity index (χ2n) is 5.28. The Hall–Kier alpha value is -1.26. The van der Waals surface area contributed by atoms with Crippen LogP contribution in [0.4, 0.5) is 0 Å². The smallest absolute Gasteiger partial charge is 0.231 e. The Morgan fingerprint density at radius 3 is 3.00 bits per heavy atom. The molecular formula is C14H19NO3. The van der Waals surface area contributed by atoms with Crippen molar-refractivity contribution in [3.8, 4) is 11.5 Å². The van der Waals surface area contributed by atoms with E-state index < -0.39 is 6.10 Å². The van der Waals surface area contributed by atoms with Gasteiger partial charge in [-0.25, -0.2) is 0 Å². The topological polar surface area (TPSA) is 41.9 Å². The van der Waals surface area contributed by atoms with Crippen LogP contribution in [0.25, 0.3) is 0 Å². The van der Waals surface area contributed by atoms with Gasteiger partial charge in [0, 0.05) is 13.1 Å². The van der Waals surface area contributed by atoms with Crippen molar-refractivity contribution in [2.75, 3.05) is 26.4 Å². The number of hydrogen-bond donors (Lipinski definition) is 1. The van der Waals surface area contributed by atoms with E-state index in [-0.39, 0.29) is 6.79 Å². The molecule has 1 aromatic rings. The molecule has 1 saturated heterocycles. The summed E-state index contributed by atoms with van der Waals surface area (Å²) in [6.07, 6.45) is 0.776. The maximum atomic E-state index is 10.3. The average molecular weight is 249 g/mol. The number of aliphatic hydroxyl groups is 1. The van der Waals surface area contributed by atoms with Gasteiger partial charge in [-0.1, -0.05) is 13.0 Å². The molecule has 0 aliphatic carbocycles. The van der Waals surface area contributed by atoms with Gasteiger partial charge in [0.15, 0.2) is 11.5 Å². The predicted molar refractivity (Wildman–Crippen MR) is 67.7 cm³/mol. The highest BCUT2D eigenvalue weighted by Crippen LogP contribution is 2.34. The molecule has 1 fully saturated rings. The van der Waals surface area contributed by atoms with Crippen molar-refractivity contribution in [1.82, 2.24) is 4.90 Å². The monoisotopic (exact) mass is 249 g/mol. The lowest BCUT2D eigenvalue weighted by atomic mass is 10.1. The van der Waals surface area contributed by atoms with Gasteiger partial charge in [0.25, 0.3) is 0 Å². The molecule has 2 atom stereocenters. The van der Waals surface area contributed by atoms with Gasteiger partial charge in [0.1, 0.15) is 0 Å². The first-order valence-electron chi connectivity index (χ1n) is 6.52. The molecule has 3 rings (SSSR count). The number of rotatable bonds is 3. The van der Waals surface area contributed by atoms with Crippen LogP contribution in [0.2, 0.25) is 0 Å². The number of benzene rings is 1. The minimum Gasteiger partial charge on any atom is -0.454 e. The van der Waals surface area contributed by atoms with Crippen molar-refractivity contribution in [2.24, 2.45) is 5.92 Å². The number of nitrogens with zero attached hydrogens (tertiary/aromatic N) is 1. The zero-order valence-corrected chi connectivity index (χ0v) is 10.6. The van der Waals surface area contributed by atoms with Crippen molar-refractivity contribution in [3.05, 3.63) is 23.8 Å². The first kappa shape index (κ1) is 11.8. The van der Waals surface area contributed by atoms with Crippen molar-refractivity contribution in [2.45, 2.75) is 19.4 Å². The standard InChI is InChI=1S/C14H19NO3/c1-10-4-5-15(7-10)8-12(16)11-2-3-13-14(6-11)18-9-17-13/h2-3,6,10,12,16H,4-5,7-9H2,1H3. The van der Waals surface area contributed by atoms with E-state index in [2.05, 4.69) is 11.8 Å². The van der Waals surface area contributed by atoms with Crippen molar-refractivity contribution < 1.29 is 14.6 Å². The maximum absolute atomic E-state index is 10.3. The molecule has 0 bridgehead atoms. The summed E-state index contributed by atoms with van der Waals surface area (Å²) in [5, 5.41) is 10.3. The van der Waals surface area contributed by atoms with Crippen LogP contribution in [0.5, 0.6) is 11.5 Å². The third-order valence-corrected chi connectivity index (χ3v) is 3.72. The van der Waals surface area contributed by atoms with Crippen LogP contribution in [-0.2, 0) is 0 Å². The molecule has 2 aliphatic rings. The molecule has 2 heterocycles. The highest BCUT2D eigenvalue weighted by molar-refractivity contribution is 5.45. The van der Waals surface area contributed by atoms with Crippen molar-refractivity contribution in [3.63, 3.8) is 0 Å². The van der Waals surface area contributed by atoms with Crippen LogP contribution >= 0.6 is 0 Å². The molecule has 4 nitrogen and oxygen atoms in total. The fourth-order valence-corrected chi connectivity index (χ4v) is 2.66. The van der Waals surface area contributed by atoms with Crippen LogP contribution in [0, 0.1) is 5.92 Å². The fraction of sp³-hybridized carbons (Fsp3) is 0.571.